The highest BCUT2D eigenvalue weighted by Gasteiger charge is 2.13. The summed E-state index contributed by atoms with van der Waals surface area (Å²) in [5.74, 6) is 6.50. The minimum absolute atomic E-state index is 0.397. The van der Waals surface area contributed by atoms with Gasteiger partial charge < -0.3 is 10.5 Å². The zero-order valence-corrected chi connectivity index (χ0v) is 8.21. The quantitative estimate of drug-likeness (QED) is 0.579. The van der Waals surface area contributed by atoms with E-state index in [0.717, 1.165) is 17.7 Å². The molecule has 0 saturated carbocycles. The molecule has 2 heteroatoms. The highest BCUT2D eigenvalue weighted by molar-refractivity contribution is 5.51. The molecular weight excluding hydrogens is 174 g/mol. The Labute approximate surface area is 84.1 Å². The molecule has 2 nitrogen and oxygen atoms in total. The van der Waals surface area contributed by atoms with Crippen molar-refractivity contribution in [1.29, 1.82) is 0 Å². The van der Waals surface area contributed by atoms with Crippen LogP contribution in [-0.4, -0.2) is 7.11 Å². The van der Waals surface area contributed by atoms with Crippen molar-refractivity contribution in [2.24, 2.45) is 0 Å². The Hall–Kier alpha value is -1.46. The maximum atomic E-state index is 5.90. The normalized spacial score (nSPS) is 18.2. The van der Waals surface area contributed by atoms with Crippen LogP contribution < -0.4 is 5.73 Å². The van der Waals surface area contributed by atoms with Gasteiger partial charge in [0.1, 0.15) is 0 Å². The van der Waals surface area contributed by atoms with Crippen molar-refractivity contribution < 1.29 is 4.74 Å². The molecule has 1 aliphatic rings. The fraction of sp³-hybridized carbons (Fsp3) is 0.333. The Morgan fingerprint density at radius 2 is 2.36 bits per heavy atom. The Morgan fingerprint density at radius 3 is 2.86 bits per heavy atom. The number of hydrogen-bond acceptors (Lipinski definition) is 2. The van der Waals surface area contributed by atoms with Crippen LogP contribution in [0.5, 0.6) is 0 Å². The van der Waals surface area contributed by atoms with Crippen molar-refractivity contribution in [2.45, 2.75) is 18.9 Å². The zero-order chi connectivity index (χ0) is 9.97. The fourth-order valence-corrected chi connectivity index (χ4v) is 1.52. The van der Waals surface area contributed by atoms with E-state index in [9.17, 15) is 0 Å². The lowest BCUT2D eigenvalue weighted by molar-refractivity contribution is 0.185. The second kappa shape index (κ2) is 3.73. The van der Waals surface area contributed by atoms with Gasteiger partial charge in [-0.2, -0.15) is 0 Å². The van der Waals surface area contributed by atoms with Crippen LogP contribution in [0.3, 0.4) is 0 Å². The summed E-state index contributed by atoms with van der Waals surface area (Å²) in [4.78, 5) is 0. The molecule has 0 saturated heterocycles. The molecule has 1 aliphatic carbocycles. The van der Waals surface area contributed by atoms with E-state index in [4.69, 9.17) is 10.5 Å². The van der Waals surface area contributed by atoms with Crippen LogP contribution in [-0.2, 0) is 11.3 Å². The van der Waals surface area contributed by atoms with E-state index in [1.165, 1.54) is 5.56 Å². The number of nitrogen functional groups attached to an aromatic ring is 1. The van der Waals surface area contributed by atoms with Crippen molar-refractivity contribution in [2.75, 3.05) is 12.8 Å². The van der Waals surface area contributed by atoms with Gasteiger partial charge in [-0.3, -0.25) is 0 Å². The molecule has 0 heterocycles. The standard InChI is InChI=1S/C12H13NO/c1-14-8-11-6-5-10(7-12(11)13)9-3-2-4-9/h5-7,9H,3,8,13H2,1H3. The third kappa shape index (κ3) is 1.59. The van der Waals surface area contributed by atoms with Crippen molar-refractivity contribution in [1.82, 2.24) is 0 Å². The van der Waals surface area contributed by atoms with E-state index in [0.29, 0.717) is 12.5 Å². The molecule has 1 atom stereocenters. The van der Waals surface area contributed by atoms with Crippen molar-refractivity contribution in [3.8, 4) is 11.8 Å². The first-order valence-electron chi connectivity index (χ1n) is 4.67. The van der Waals surface area contributed by atoms with Gasteiger partial charge >= 0.3 is 0 Å². The van der Waals surface area contributed by atoms with E-state index in [2.05, 4.69) is 17.9 Å². The SMILES string of the molecule is COCc1ccc(C2C#CC2)cc1N. The average molecular weight is 187 g/mol. The molecule has 72 valence electrons. The van der Waals surface area contributed by atoms with E-state index in [1.807, 2.05) is 12.1 Å². The maximum absolute atomic E-state index is 5.90. The number of hydrogen-bond donors (Lipinski definition) is 1. The summed E-state index contributed by atoms with van der Waals surface area (Å²) in [6.07, 6.45) is 0.961. The van der Waals surface area contributed by atoms with Crippen LogP contribution in [0.2, 0.25) is 0 Å². The van der Waals surface area contributed by atoms with Crippen LogP contribution >= 0.6 is 0 Å². The number of benzene rings is 1. The zero-order valence-electron chi connectivity index (χ0n) is 8.21. The number of nitrogens with two attached hydrogens (primary N) is 1. The molecule has 0 aliphatic heterocycles. The van der Waals surface area contributed by atoms with Gasteiger partial charge in [-0.25, -0.2) is 0 Å². The molecule has 0 radical (unpaired) electrons. The second-order valence-electron chi connectivity index (χ2n) is 3.47. The predicted octanol–water partition coefficient (Wildman–Crippen LogP) is 1.91. The molecule has 0 amide bonds. The Morgan fingerprint density at radius 1 is 1.57 bits per heavy atom. The lowest BCUT2D eigenvalue weighted by atomic mass is 9.90. The van der Waals surface area contributed by atoms with Gasteiger partial charge in [-0.15, -0.1) is 5.92 Å². The van der Waals surface area contributed by atoms with Crippen LogP contribution in [0.25, 0.3) is 0 Å². The minimum Gasteiger partial charge on any atom is -0.398 e. The summed E-state index contributed by atoms with van der Waals surface area (Å²) in [7, 11) is 1.67. The third-order valence-electron chi connectivity index (χ3n) is 2.45. The summed E-state index contributed by atoms with van der Waals surface area (Å²) in [6.45, 7) is 0.572. The summed E-state index contributed by atoms with van der Waals surface area (Å²) < 4.78 is 5.04. The molecule has 0 bridgehead atoms. The Balaban J connectivity index is 2.23. The smallest absolute Gasteiger partial charge is 0.0733 e. The minimum atomic E-state index is 0.397. The highest BCUT2D eigenvalue weighted by Crippen LogP contribution is 2.26. The number of ether oxygens (including phenoxy) is 1. The molecule has 1 aromatic carbocycles. The summed E-state index contributed by atoms with van der Waals surface area (Å²) in [5.41, 5.74) is 8.97. The van der Waals surface area contributed by atoms with Gasteiger partial charge in [-0.05, 0) is 11.6 Å². The lowest BCUT2D eigenvalue weighted by Gasteiger charge is -2.15. The van der Waals surface area contributed by atoms with Gasteiger partial charge in [0.2, 0.25) is 0 Å². The topological polar surface area (TPSA) is 35.2 Å². The van der Waals surface area contributed by atoms with E-state index < -0.39 is 0 Å². The first-order valence-corrected chi connectivity index (χ1v) is 4.67. The molecule has 2 rings (SSSR count). The number of anilines is 1. The van der Waals surface area contributed by atoms with Gasteiger partial charge in [0.25, 0.3) is 0 Å². The van der Waals surface area contributed by atoms with E-state index >= 15 is 0 Å². The molecule has 0 spiro atoms. The molecule has 0 fully saturated rings. The second-order valence-corrected chi connectivity index (χ2v) is 3.47. The molecule has 1 aromatic rings. The average Bonchev–Trinajstić information content (AvgIpc) is 2.07. The van der Waals surface area contributed by atoms with E-state index in [1.54, 1.807) is 7.11 Å². The van der Waals surface area contributed by atoms with Gasteiger partial charge in [0.05, 0.1) is 12.5 Å². The third-order valence-corrected chi connectivity index (χ3v) is 2.45. The Bertz CT molecular complexity index is 401. The number of methoxy groups -OCH3 is 1. The molecule has 0 aromatic heterocycles. The van der Waals surface area contributed by atoms with Crippen LogP contribution in [0, 0.1) is 11.8 Å². The fourth-order valence-electron chi connectivity index (χ4n) is 1.52. The molecular formula is C12H13NO. The van der Waals surface area contributed by atoms with Crippen LogP contribution in [0.4, 0.5) is 5.69 Å². The maximum Gasteiger partial charge on any atom is 0.0733 e. The highest BCUT2D eigenvalue weighted by atomic mass is 16.5. The first kappa shape index (κ1) is 9.11. The summed E-state index contributed by atoms with van der Waals surface area (Å²) in [6, 6.07) is 6.12. The van der Waals surface area contributed by atoms with Gasteiger partial charge in [0, 0.05) is 24.8 Å². The largest absolute Gasteiger partial charge is 0.398 e. The van der Waals surface area contributed by atoms with Gasteiger partial charge in [0.15, 0.2) is 0 Å². The van der Waals surface area contributed by atoms with Crippen LogP contribution in [0.1, 0.15) is 23.5 Å². The lowest BCUT2D eigenvalue weighted by Crippen LogP contribution is -2.04. The Kier molecular flexibility index (Phi) is 2.43. The van der Waals surface area contributed by atoms with Crippen molar-refractivity contribution >= 4 is 5.69 Å². The van der Waals surface area contributed by atoms with Gasteiger partial charge in [-0.1, -0.05) is 18.1 Å². The van der Waals surface area contributed by atoms with Crippen molar-refractivity contribution in [3.05, 3.63) is 29.3 Å². The monoisotopic (exact) mass is 187 g/mol. The summed E-state index contributed by atoms with van der Waals surface area (Å²) >= 11 is 0. The van der Waals surface area contributed by atoms with E-state index in [-0.39, 0.29) is 0 Å². The molecule has 14 heavy (non-hydrogen) atoms. The molecule has 1 unspecified atom stereocenters. The predicted molar refractivity (Wildman–Crippen MR) is 56.7 cm³/mol. The number of rotatable bonds is 3. The summed E-state index contributed by atoms with van der Waals surface area (Å²) in [5, 5.41) is 0. The first-order chi connectivity index (χ1) is 6.81. The molecule has 2 N–H and O–H groups in total. The van der Waals surface area contributed by atoms with Crippen LogP contribution in [0.15, 0.2) is 18.2 Å². The van der Waals surface area contributed by atoms with Crippen molar-refractivity contribution in [3.63, 3.8) is 0 Å².